The number of nitrogens with one attached hydrogen (secondary N) is 1. The Hall–Kier alpha value is -0.970. The molecule has 1 aliphatic carbocycles. The van der Waals surface area contributed by atoms with Crippen LogP contribution in [0.3, 0.4) is 0 Å². The molecule has 0 aromatic heterocycles. The van der Waals surface area contributed by atoms with E-state index in [4.69, 9.17) is 5.73 Å². The van der Waals surface area contributed by atoms with Crippen molar-refractivity contribution < 1.29 is 4.79 Å². The first kappa shape index (κ1) is 18.1. The van der Waals surface area contributed by atoms with Gasteiger partial charge in [0.1, 0.15) is 0 Å². The predicted octanol–water partition coefficient (Wildman–Crippen LogP) is 2.11. The Bertz CT molecular complexity index is 465. The second-order valence-electron chi connectivity index (χ2n) is 5.75. The standard InChI is InChI=1S/C15H21N3O.2ClH/c16-15(8-9-15)14(19)17-12-5-4-10-18(11-12)13-6-2-1-3-7-13;;/h1-3,6-7,12H,4-5,8-11,16H2,(H,17,19);2*1H. The van der Waals surface area contributed by atoms with Gasteiger partial charge in [0.2, 0.25) is 5.91 Å². The second-order valence-corrected chi connectivity index (χ2v) is 5.75. The van der Waals surface area contributed by atoms with Crippen LogP contribution in [0.1, 0.15) is 25.7 Å². The summed E-state index contributed by atoms with van der Waals surface area (Å²) >= 11 is 0. The van der Waals surface area contributed by atoms with E-state index < -0.39 is 5.54 Å². The van der Waals surface area contributed by atoms with Crippen LogP contribution in [0.4, 0.5) is 5.69 Å². The van der Waals surface area contributed by atoms with Crippen LogP contribution in [0.25, 0.3) is 0 Å². The number of benzene rings is 1. The van der Waals surface area contributed by atoms with Crippen molar-refractivity contribution in [3.63, 3.8) is 0 Å². The van der Waals surface area contributed by atoms with E-state index in [1.165, 1.54) is 5.69 Å². The van der Waals surface area contributed by atoms with Crippen LogP contribution >= 0.6 is 24.8 Å². The molecule has 0 spiro atoms. The molecule has 1 aromatic carbocycles. The largest absolute Gasteiger partial charge is 0.369 e. The molecule has 1 aliphatic heterocycles. The monoisotopic (exact) mass is 331 g/mol. The molecule has 118 valence electrons. The highest BCUT2D eigenvalue weighted by Crippen LogP contribution is 2.32. The number of halogens is 2. The van der Waals surface area contributed by atoms with Crippen molar-refractivity contribution >= 4 is 36.4 Å². The fourth-order valence-electron chi connectivity index (χ4n) is 2.66. The topological polar surface area (TPSA) is 58.4 Å². The molecule has 1 saturated heterocycles. The van der Waals surface area contributed by atoms with Crippen LogP contribution < -0.4 is 16.0 Å². The number of piperidine rings is 1. The third-order valence-corrected chi connectivity index (χ3v) is 4.12. The lowest BCUT2D eigenvalue weighted by molar-refractivity contribution is -0.124. The molecule has 2 aliphatic rings. The summed E-state index contributed by atoms with van der Waals surface area (Å²) in [5.74, 6) is 0.0346. The molecule has 21 heavy (non-hydrogen) atoms. The molecule has 4 nitrogen and oxygen atoms in total. The van der Waals surface area contributed by atoms with Gasteiger partial charge in [0, 0.05) is 24.8 Å². The van der Waals surface area contributed by atoms with Gasteiger partial charge in [-0.15, -0.1) is 24.8 Å². The first-order valence-corrected chi connectivity index (χ1v) is 7.07. The van der Waals surface area contributed by atoms with E-state index in [0.29, 0.717) is 0 Å². The van der Waals surface area contributed by atoms with Gasteiger partial charge in [0.25, 0.3) is 0 Å². The lowest BCUT2D eigenvalue weighted by Gasteiger charge is -2.35. The first-order valence-electron chi connectivity index (χ1n) is 7.07. The SMILES string of the molecule is Cl.Cl.NC1(C(=O)NC2CCCN(c3ccccc3)C2)CC1. The van der Waals surface area contributed by atoms with E-state index in [9.17, 15) is 4.79 Å². The minimum atomic E-state index is -0.560. The van der Waals surface area contributed by atoms with Crippen LogP contribution in [-0.2, 0) is 4.79 Å². The molecule has 2 fully saturated rings. The van der Waals surface area contributed by atoms with Crippen LogP contribution in [0.5, 0.6) is 0 Å². The predicted molar refractivity (Wildman–Crippen MR) is 90.5 cm³/mol. The molecule has 1 heterocycles. The lowest BCUT2D eigenvalue weighted by Crippen LogP contribution is -2.53. The smallest absolute Gasteiger partial charge is 0.240 e. The van der Waals surface area contributed by atoms with E-state index in [0.717, 1.165) is 38.8 Å². The Labute approximate surface area is 138 Å². The molecule has 1 aromatic rings. The normalized spacial score (nSPS) is 22.5. The van der Waals surface area contributed by atoms with Gasteiger partial charge in [0.05, 0.1) is 5.54 Å². The Kier molecular flexibility index (Phi) is 6.32. The third kappa shape index (κ3) is 4.25. The average Bonchev–Trinajstić information content (AvgIpc) is 3.20. The number of carbonyl (C=O) groups is 1. The Morgan fingerprint density at radius 3 is 2.52 bits per heavy atom. The Balaban J connectivity index is 0.00000110. The summed E-state index contributed by atoms with van der Waals surface area (Å²) < 4.78 is 0. The summed E-state index contributed by atoms with van der Waals surface area (Å²) in [5, 5.41) is 3.12. The maximum Gasteiger partial charge on any atom is 0.240 e. The molecule has 0 radical (unpaired) electrons. The molecule has 1 atom stereocenters. The van der Waals surface area contributed by atoms with E-state index in [-0.39, 0.29) is 36.8 Å². The summed E-state index contributed by atoms with van der Waals surface area (Å²) in [4.78, 5) is 14.3. The zero-order chi connectivity index (χ0) is 13.3. The molecule has 1 unspecified atom stereocenters. The summed E-state index contributed by atoms with van der Waals surface area (Å²) in [6.07, 6.45) is 3.81. The van der Waals surface area contributed by atoms with Crippen LogP contribution in [0, 0.1) is 0 Å². The van der Waals surface area contributed by atoms with Crippen molar-refractivity contribution in [2.24, 2.45) is 5.73 Å². The molecule has 0 bridgehead atoms. The number of hydrogen-bond donors (Lipinski definition) is 2. The molecule has 3 rings (SSSR count). The van der Waals surface area contributed by atoms with E-state index in [2.05, 4.69) is 34.5 Å². The van der Waals surface area contributed by atoms with Crippen molar-refractivity contribution in [1.82, 2.24) is 5.32 Å². The number of nitrogens with zero attached hydrogens (tertiary/aromatic N) is 1. The van der Waals surface area contributed by atoms with E-state index in [1.807, 2.05) is 6.07 Å². The number of nitrogens with two attached hydrogens (primary N) is 1. The molecule has 1 amide bonds. The quantitative estimate of drug-likeness (QED) is 0.891. The Morgan fingerprint density at radius 1 is 1.24 bits per heavy atom. The van der Waals surface area contributed by atoms with Gasteiger partial charge < -0.3 is 16.0 Å². The second kappa shape index (κ2) is 7.34. The number of carbonyl (C=O) groups excluding carboxylic acids is 1. The van der Waals surface area contributed by atoms with Gasteiger partial charge in [0.15, 0.2) is 0 Å². The zero-order valence-electron chi connectivity index (χ0n) is 12.0. The number of rotatable bonds is 3. The van der Waals surface area contributed by atoms with Crippen molar-refractivity contribution in [3.8, 4) is 0 Å². The highest BCUT2D eigenvalue weighted by molar-refractivity contribution is 5.89. The third-order valence-electron chi connectivity index (χ3n) is 4.12. The summed E-state index contributed by atoms with van der Waals surface area (Å²) in [6, 6.07) is 10.6. The van der Waals surface area contributed by atoms with E-state index >= 15 is 0 Å². The molecular weight excluding hydrogens is 309 g/mol. The van der Waals surface area contributed by atoms with Crippen molar-refractivity contribution in [1.29, 1.82) is 0 Å². The fraction of sp³-hybridized carbons (Fsp3) is 0.533. The number of para-hydroxylation sites is 1. The lowest BCUT2D eigenvalue weighted by atomic mass is 10.0. The van der Waals surface area contributed by atoms with E-state index in [1.54, 1.807) is 0 Å². The fourth-order valence-corrected chi connectivity index (χ4v) is 2.66. The maximum atomic E-state index is 12.0. The maximum absolute atomic E-state index is 12.0. The van der Waals surface area contributed by atoms with Gasteiger partial charge >= 0.3 is 0 Å². The number of anilines is 1. The van der Waals surface area contributed by atoms with Gasteiger partial charge in [-0.3, -0.25) is 4.79 Å². The summed E-state index contributed by atoms with van der Waals surface area (Å²) in [6.45, 7) is 1.94. The van der Waals surface area contributed by atoms with Crippen molar-refractivity contribution in [3.05, 3.63) is 30.3 Å². The van der Waals surface area contributed by atoms with Crippen molar-refractivity contribution in [2.45, 2.75) is 37.3 Å². The Morgan fingerprint density at radius 2 is 1.90 bits per heavy atom. The molecule has 6 heteroatoms. The highest BCUT2D eigenvalue weighted by atomic mass is 35.5. The number of hydrogen-bond acceptors (Lipinski definition) is 3. The highest BCUT2D eigenvalue weighted by Gasteiger charge is 2.46. The van der Waals surface area contributed by atoms with Crippen LogP contribution in [0.15, 0.2) is 30.3 Å². The minimum absolute atomic E-state index is 0. The molecule has 1 saturated carbocycles. The van der Waals surface area contributed by atoms with Crippen molar-refractivity contribution in [2.75, 3.05) is 18.0 Å². The van der Waals surface area contributed by atoms with Gasteiger partial charge in [-0.2, -0.15) is 0 Å². The van der Waals surface area contributed by atoms with Crippen LogP contribution in [-0.4, -0.2) is 30.6 Å². The van der Waals surface area contributed by atoms with Gasteiger partial charge in [-0.25, -0.2) is 0 Å². The van der Waals surface area contributed by atoms with Gasteiger partial charge in [-0.05, 0) is 37.8 Å². The first-order chi connectivity index (χ1) is 9.17. The molecule has 3 N–H and O–H groups in total. The minimum Gasteiger partial charge on any atom is -0.369 e. The summed E-state index contributed by atoms with van der Waals surface area (Å²) in [7, 11) is 0. The summed E-state index contributed by atoms with van der Waals surface area (Å²) in [5.41, 5.74) is 6.60. The number of amides is 1. The van der Waals surface area contributed by atoms with Gasteiger partial charge in [-0.1, -0.05) is 18.2 Å². The average molecular weight is 332 g/mol. The molecular formula is C15H23Cl2N3O. The van der Waals surface area contributed by atoms with Crippen LogP contribution in [0.2, 0.25) is 0 Å². The zero-order valence-corrected chi connectivity index (χ0v) is 13.6.